The predicted molar refractivity (Wildman–Crippen MR) is 49.5 cm³/mol. The lowest BCUT2D eigenvalue weighted by Crippen LogP contribution is -2.34. The monoisotopic (exact) mass is 181 g/mol. The summed E-state index contributed by atoms with van der Waals surface area (Å²) < 4.78 is 7.63. The Labute approximate surface area is 77.9 Å². The first-order valence-electron chi connectivity index (χ1n) is 4.76. The molecule has 2 heterocycles. The molecule has 0 spiro atoms. The Bertz CT molecular complexity index is 266. The van der Waals surface area contributed by atoms with Gasteiger partial charge in [-0.05, 0) is 13.0 Å². The number of aryl methyl sites for hydroxylation is 1. The number of hydrogen-bond donors (Lipinski definition) is 1. The maximum atomic E-state index is 5.64. The molecule has 1 unspecified atom stereocenters. The van der Waals surface area contributed by atoms with Crippen LogP contribution in [0.4, 0.5) is 0 Å². The minimum atomic E-state index is 0.177. The molecule has 13 heavy (non-hydrogen) atoms. The van der Waals surface area contributed by atoms with Crippen molar-refractivity contribution < 1.29 is 4.74 Å². The summed E-state index contributed by atoms with van der Waals surface area (Å²) in [5, 5.41) is 7.53. The van der Waals surface area contributed by atoms with Gasteiger partial charge in [0.25, 0.3) is 0 Å². The van der Waals surface area contributed by atoms with E-state index in [1.54, 1.807) is 0 Å². The van der Waals surface area contributed by atoms with Gasteiger partial charge < -0.3 is 10.1 Å². The largest absolute Gasteiger partial charge is 0.369 e. The van der Waals surface area contributed by atoms with Gasteiger partial charge in [0, 0.05) is 25.8 Å². The van der Waals surface area contributed by atoms with E-state index in [1.165, 1.54) is 5.69 Å². The molecular formula is C9H15N3O. The van der Waals surface area contributed by atoms with Crippen molar-refractivity contribution in [2.45, 2.75) is 19.6 Å². The molecule has 1 aromatic heterocycles. The first-order valence-corrected chi connectivity index (χ1v) is 4.76. The molecule has 0 radical (unpaired) electrons. The van der Waals surface area contributed by atoms with E-state index in [0.717, 1.165) is 26.2 Å². The fourth-order valence-corrected chi connectivity index (χ4v) is 1.64. The molecule has 4 heteroatoms. The first-order chi connectivity index (χ1) is 6.42. The van der Waals surface area contributed by atoms with Crippen LogP contribution in [0.3, 0.4) is 0 Å². The quantitative estimate of drug-likeness (QED) is 0.724. The van der Waals surface area contributed by atoms with Crippen molar-refractivity contribution in [1.82, 2.24) is 15.1 Å². The number of hydrogen-bond acceptors (Lipinski definition) is 3. The Morgan fingerprint density at radius 3 is 3.38 bits per heavy atom. The summed E-state index contributed by atoms with van der Waals surface area (Å²) in [5.41, 5.74) is 1.18. The van der Waals surface area contributed by atoms with Crippen LogP contribution in [0.2, 0.25) is 0 Å². The Kier molecular flexibility index (Phi) is 2.61. The van der Waals surface area contributed by atoms with E-state index < -0.39 is 0 Å². The summed E-state index contributed by atoms with van der Waals surface area (Å²) in [7, 11) is 0. The van der Waals surface area contributed by atoms with E-state index in [9.17, 15) is 0 Å². The van der Waals surface area contributed by atoms with Crippen LogP contribution < -0.4 is 5.32 Å². The number of morpholine rings is 1. The van der Waals surface area contributed by atoms with Crippen LogP contribution in [0.25, 0.3) is 0 Å². The molecule has 1 atom stereocenters. The lowest BCUT2D eigenvalue weighted by atomic mass is 10.2. The van der Waals surface area contributed by atoms with Crippen molar-refractivity contribution in [3.8, 4) is 0 Å². The number of rotatable bonds is 2. The van der Waals surface area contributed by atoms with Gasteiger partial charge in [0.2, 0.25) is 0 Å². The summed E-state index contributed by atoms with van der Waals surface area (Å²) in [6, 6.07) is 2.03. The van der Waals surface area contributed by atoms with Gasteiger partial charge in [-0.15, -0.1) is 0 Å². The van der Waals surface area contributed by atoms with Gasteiger partial charge in [0.1, 0.15) is 6.10 Å². The number of aromatic nitrogens is 2. The molecule has 1 aromatic rings. The van der Waals surface area contributed by atoms with E-state index in [4.69, 9.17) is 4.74 Å². The third-order valence-corrected chi connectivity index (χ3v) is 2.31. The van der Waals surface area contributed by atoms with Crippen molar-refractivity contribution in [2.75, 3.05) is 19.7 Å². The molecule has 0 bridgehead atoms. The van der Waals surface area contributed by atoms with Crippen LogP contribution >= 0.6 is 0 Å². The summed E-state index contributed by atoms with van der Waals surface area (Å²) in [6.45, 7) is 5.64. The minimum Gasteiger partial charge on any atom is -0.369 e. The molecule has 1 saturated heterocycles. The highest BCUT2D eigenvalue weighted by Crippen LogP contribution is 2.17. The van der Waals surface area contributed by atoms with Crippen LogP contribution in [0.5, 0.6) is 0 Å². The topological polar surface area (TPSA) is 39.1 Å². The van der Waals surface area contributed by atoms with Crippen molar-refractivity contribution in [3.05, 3.63) is 18.0 Å². The molecule has 0 saturated carbocycles. The third-order valence-electron chi connectivity index (χ3n) is 2.31. The molecule has 4 nitrogen and oxygen atoms in total. The first kappa shape index (κ1) is 8.72. The smallest absolute Gasteiger partial charge is 0.112 e. The highest BCUT2D eigenvalue weighted by Gasteiger charge is 2.18. The number of nitrogens with zero attached hydrogens (tertiary/aromatic N) is 2. The molecule has 1 aliphatic heterocycles. The maximum absolute atomic E-state index is 5.64. The minimum absolute atomic E-state index is 0.177. The van der Waals surface area contributed by atoms with Crippen molar-refractivity contribution in [1.29, 1.82) is 0 Å². The van der Waals surface area contributed by atoms with Gasteiger partial charge in [-0.2, -0.15) is 5.10 Å². The average Bonchev–Trinajstić information content (AvgIpc) is 2.67. The maximum Gasteiger partial charge on any atom is 0.112 e. The van der Waals surface area contributed by atoms with Crippen LogP contribution in [0, 0.1) is 0 Å². The SMILES string of the molecule is CCn1nccc1C1CNCCO1. The van der Waals surface area contributed by atoms with E-state index in [0.29, 0.717) is 0 Å². The van der Waals surface area contributed by atoms with Crippen LogP contribution in [0.1, 0.15) is 18.7 Å². The van der Waals surface area contributed by atoms with Gasteiger partial charge in [-0.1, -0.05) is 0 Å². The van der Waals surface area contributed by atoms with E-state index in [-0.39, 0.29) is 6.10 Å². The molecular weight excluding hydrogens is 166 g/mol. The molecule has 1 fully saturated rings. The second-order valence-corrected chi connectivity index (χ2v) is 3.14. The molecule has 0 amide bonds. The fourth-order valence-electron chi connectivity index (χ4n) is 1.64. The lowest BCUT2D eigenvalue weighted by Gasteiger charge is -2.24. The zero-order chi connectivity index (χ0) is 9.10. The summed E-state index contributed by atoms with van der Waals surface area (Å²) in [4.78, 5) is 0. The van der Waals surface area contributed by atoms with Gasteiger partial charge in [0.15, 0.2) is 0 Å². The van der Waals surface area contributed by atoms with Crippen LogP contribution in [0.15, 0.2) is 12.3 Å². The Balaban J connectivity index is 2.13. The van der Waals surface area contributed by atoms with Gasteiger partial charge in [0.05, 0.1) is 12.3 Å². The molecule has 2 rings (SSSR count). The third kappa shape index (κ3) is 1.73. The predicted octanol–water partition coefficient (Wildman–Crippen LogP) is 0.564. The fraction of sp³-hybridized carbons (Fsp3) is 0.667. The summed E-state index contributed by atoms with van der Waals surface area (Å²) in [5.74, 6) is 0. The number of ether oxygens (including phenoxy) is 1. The van der Waals surface area contributed by atoms with E-state index >= 15 is 0 Å². The molecule has 72 valence electrons. The zero-order valence-electron chi connectivity index (χ0n) is 7.86. The molecule has 0 aliphatic carbocycles. The van der Waals surface area contributed by atoms with Crippen molar-refractivity contribution in [2.24, 2.45) is 0 Å². The van der Waals surface area contributed by atoms with E-state index in [1.807, 2.05) is 16.9 Å². The average molecular weight is 181 g/mol. The van der Waals surface area contributed by atoms with E-state index in [2.05, 4.69) is 17.3 Å². The molecule has 0 aromatic carbocycles. The van der Waals surface area contributed by atoms with Gasteiger partial charge >= 0.3 is 0 Å². The Hall–Kier alpha value is -0.870. The van der Waals surface area contributed by atoms with Crippen molar-refractivity contribution in [3.63, 3.8) is 0 Å². The molecule has 1 N–H and O–H groups in total. The lowest BCUT2D eigenvalue weighted by molar-refractivity contribution is 0.0222. The highest BCUT2D eigenvalue weighted by atomic mass is 16.5. The molecule has 1 aliphatic rings. The van der Waals surface area contributed by atoms with Crippen LogP contribution in [-0.4, -0.2) is 29.5 Å². The van der Waals surface area contributed by atoms with Crippen LogP contribution in [-0.2, 0) is 11.3 Å². The number of nitrogens with one attached hydrogen (secondary N) is 1. The van der Waals surface area contributed by atoms with Gasteiger partial charge in [-0.3, -0.25) is 4.68 Å². The second kappa shape index (κ2) is 3.89. The zero-order valence-corrected chi connectivity index (χ0v) is 7.86. The normalized spacial score (nSPS) is 23.3. The second-order valence-electron chi connectivity index (χ2n) is 3.14. The standard InChI is InChI=1S/C9H15N3O/c1-2-12-8(3-4-11-12)9-7-10-5-6-13-9/h3-4,9-10H,2,5-7H2,1H3. The Morgan fingerprint density at radius 2 is 2.69 bits per heavy atom. The Morgan fingerprint density at radius 1 is 1.77 bits per heavy atom. The summed E-state index contributed by atoms with van der Waals surface area (Å²) in [6.07, 6.45) is 2.01. The highest BCUT2D eigenvalue weighted by molar-refractivity contribution is 5.06. The van der Waals surface area contributed by atoms with Gasteiger partial charge in [-0.25, -0.2) is 0 Å². The van der Waals surface area contributed by atoms with Crippen molar-refractivity contribution >= 4 is 0 Å². The summed E-state index contributed by atoms with van der Waals surface area (Å²) >= 11 is 0.